The van der Waals surface area contributed by atoms with Crippen LogP contribution in [-0.4, -0.2) is 18.9 Å². The van der Waals surface area contributed by atoms with Crippen LogP contribution in [0.4, 0.5) is 0 Å². The standard InChI is InChI=1S/C15H23N3/c1-2-11-8-12-4-3-5-13(12)9-14(11)10-15(17)18-7-6-16/h8-9H,2-7,10,16H2,1H3,(H2,17,18). The molecule has 0 fully saturated rings. The van der Waals surface area contributed by atoms with Gasteiger partial charge in [0.15, 0.2) is 0 Å². The molecule has 0 radical (unpaired) electrons. The maximum atomic E-state index is 5.96. The second-order valence-corrected chi connectivity index (χ2v) is 4.94. The Morgan fingerprint density at radius 3 is 2.50 bits per heavy atom. The Morgan fingerprint density at radius 1 is 1.22 bits per heavy atom. The van der Waals surface area contributed by atoms with Gasteiger partial charge in [-0.15, -0.1) is 0 Å². The van der Waals surface area contributed by atoms with Gasteiger partial charge in [-0.1, -0.05) is 19.1 Å². The summed E-state index contributed by atoms with van der Waals surface area (Å²) in [7, 11) is 0. The molecule has 2 rings (SSSR count). The molecule has 0 bridgehead atoms. The number of nitrogens with zero attached hydrogens (tertiary/aromatic N) is 1. The van der Waals surface area contributed by atoms with E-state index in [1.54, 1.807) is 0 Å². The minimum Gasteiger partial charge on any atom is -0.387 e. The molecule has 0 aliphatic heterocycles. The lowest BCUT2D eigenvalue weighted by molar-refractivity contribution is 0.911. The van der Waals surface area contributed by atoms with Crippen LogP contribution in [-0.2, 0) is 25.7 Å². The number of benzene rings is 1. The van der Waals surface area contributed by atoms with E-state index >= 15 is 0 Å². The average molecular weight is 245 g/mol. The van der Waals surface area contributed by atoms with Crippen LogP contribution in [0.3, 0.4) is 0 Å². The first-order valence-corrected chi connectivity index (χ1v) is 6.87. The van der Waals surface area contributed by atoms with E-state index in [0.717, 1.165) is 12.8 Å². The molecular formula is C15H23N3. The first-order valence-electron chi connectivity index (χ1n) is 6.87. The molecule has 4 N–H and O–H groups in total. The quantitative estimate of drug-likeness (QED) is 0.611. The predicted molar refractivity (Wildman–Crippen MR) is 77.1 cm³/mol. The highest BCUT2D eigenvalue weighted by Crippen LogP contribution is 2.26. The van der Waals surface area contributed by atoms with Crippen molar-refractivity contribution in [1.82, 2.24) is 0 Å². The van der Waals surface area contributed by atoms with Crippen molar-refractivity contribution >= 4 is 5.84 Å². The van der Waals surface area contributed by atoms with Crippen molar-refractivity contribution in [3.8, 4) is 0 Å². The molecular weight excluding hydrogens is 222 g/mol. The number of nitrogens with two attached hydrogens (primary N) is 2. The summed E-state index contributed by atoms with van der Waals surface area (Å²) in [5, 5.41) is 0. The van der Waals surface area contributed by atoms with Crippen LogP contribution in [0.25, 0.3) is 0 Å². The fraction of sp³-hybridized carbons (Fsp3) is 0.533. The molecule has 0 saturated carbocycles. The topological polar surface area (TPSA) is 64.4 Å². The summed E-state index contributed by atoms with van der Waals surface area (Å²) in [6, 6.07) is 4.71. The number of hydrogen-bond acceptors (Lipinski definition) is 2. The lowest BCUT2D eigenvalue weighted by Crippen LogP contribution is -2.18. The van der Waals surface area contributed by atoms with Gasteiger partial charge in [-0.05, 0) is 47.9 Å². The first kappa shape index (κ1) is 13.1. The summed E-state index contributed by atoms with van der Waals surface area (Å²) < 4.78 is 0. The summed E-state index contributed by atoms with van der Waals surface area (Å²) in [6.07, 6.45) is 5.56. The van der Waals surface area contributed by atoms with Crippen molar-refractivity contribution in [2.75, 3.05) is 13.1 Å². The monoisotopic (exact) mass is 245 g/mol. The van der Waals surface area contributed by atoms with Gasteiger partial charge in [0.2, 0.25) is 0 Å². The molecule has 98 valence electrons. The predicted octanol–water partition coefficient (Wildman–Crippen LogP) is 1.60. The smallest absolute Gasteiger partial charge is 0.0982 e. The zero-order chi connectivity index (χ0) is 13.0. The zero-order valence-electron chi connectivity index (χ0n) is 11.2. The number of rotatable bonds is 5. The van der Waals surface area contributed by atoms with Gasteiger partial charge in [-0.25, -0.2) is 0 Å². The normalized spacial score (nSPS) is 14.9. The molecule has 18 heavy (non-hydrogen) atoms. The van der Waals surface area contributed by atoms with E-state index in [4.69, 9.17) is 11.5 Å². The van der Waals surface area contributed by atoms with Gasteiger partial charge >= 0.3 is 0 Å². The minimum absolute atomic E-state index is 0.561. The van der Waals surface area contributed by atoms with E-state index in [1.807, 2.05) is 0 Å². The average Bonchev–Trinajstić information content (AvgIpc) is 2.82. The highest BCUT2D eigenvalue weighted by molar-refractivity contribution is 5.83. The van der Waals surface area contributed by atoms with E-state index < -0.39 is 0 Å². The van der Waals surface area contributed by atoms with Crippen molar-refractivity contribution in [2.24, 2.45) is 16.5 Å². The van der Waals surface area contributed by atoms with Crippen LogP contribution in [0, 0.1) is 0 Å². The van der Waals surface area contributed by atoms with Crippen molar-refractivity contribution in [3.63, 3.8) is 0 Å². The van der Waals surface area contributed by atoms with Crippen molar-refractivity contribution < 1.29 is 0 Å². The third-order valence-electron chi connectivity index (χ3n) is 3.61. The SMILES string of the molecule is CCc1cc2c(cc1CC(N)=NCCN)CCC2. The van der Waals surface area contributed by atoms with Crippen LogP contribution in [0.15, 0.2) is 17.1 Å². The molecule has 0 heterocycles. The fourth-order valence-corrected chi connectivity index (χ4v) is 2.68. The molecule has 0 saturated heterocycles. The van der Waals surface area contributed by atoms with Gasteiger partial charge in [0, 0.05) is 13.0 Å². The summed E-state index contributed by atoms with van der Waals surface area (Å²) in [4.78, 5) is 4.28. The molecule has 1 aliphatic carbocycles. The van der Waals surface area contributed by atoms with Crippen LogP contribution >= 0.6 is 0 Å². The van der Waals surface area contributed by atoms with Crippen molar-refractivity contribution in [3.05, 3.63) is 34.4 Å². The number of hydrogen-bond donors (Lipinski definition) is 2. The highest BCUT2D eigenvalue weighted by Gasteiger charge is 2.14. The van der Waals surface area contributed by atoms with Gasteiger partial charge < -0.3 is 11.5 Å². The highest BCUT2D eigenvalue weighted by atomic mass is 14.9. The summed E-state index contributed by atoms with van der Waals surface area (Å²) in [6.45, 7) is 3.39. The lowest BCUT2D eigenvalue weighted by atomic mass is 9.96. The molecule has 0 spiro atoms. The minimum atomic E-state index is 0.561. The van der Waals surface area contributed by atoms with E-state index in [1.165, 1.54) is 41.5 Å². The Hall–Kier alpha value is -1.35. The van der Waals surface area contributed by atoms with Crippen LogP contribution in [0.1, 0.15) is 35.6 Å². The number of fused-ring (bicyclic) bond motifs is 1. The number of aryl methyl sites for hydroxylation is 3. The van der Waals surface area contributed by atoms with Gasteiger partial charge in [-0.2, -0.15) is 0 Å². The largest absolute Gasteiger partial charge is 0.387 e. The van der Waals surface area contributed by atoms with Gasteiger partial charge in [0.05, 0.1) is 12.4 Å². The van der Waals surface area contributed by atoms with E-state index in [9.17, 15) is 0 Å². The van der Waals surface area contributed by atoms with E-state index in [-0.39, 0.29) is 0 Å². The molecule has 1 aromatic rings. The Bertz CT molecular complexity index is 449. The maximum Gasteiger partial charge on any atom is 0.0982 e. The Morgan fingerprint density at radius 2 is 1.89 bits per heavy atom. The zero-order valence-corrected chi connectivity index (χ0v) is 11.2. The third kappa shape index (κ3) is 2.91. The second-order valence-electron chi connectivity index (χ2n) is 4.94. The van der Waals surface area contributed by atoms with E-state index in [2.05, 4.69) is 24.0 Å². The molecule has 0 atom stereocenters. The lowest BCUT2D eigenvalue weighted by Gasteiger charge is -2.11. The van der Waals surface area contributed by atoms with Crippen LogP contribution in [0.2, 0.25) is 0 Å². The third-order valence-corrected chi connectivity index (χ3v) is 3.61. The summed E-state index contributed by atoms with van der Waals surface area (Å²) in [5.74, 6) is 0.702. The second kappa shape index (κ2) is 6.01. The van der Waals surface area contributed by atoms with Gasteiger partial charge in [0.1, 0.15) is 0 Å². The van der Waals surface area contributed by atoms with Crippen LogP contribution in [0.5, 0.6) is 0 Å². The van der Waals surface area contributed by atoms with Gasteiger partial charge in [-0.3, -0.25) is 4.99 Å². The molecule has 0 aromatic heterocycles. The molecule has 3 heteroatoms. The molecule has 0 unspecified atom stereocenters. The molecule has 1 aromatic carbocycles. The fourth-order valence-electron chi connectivity index (χ4n) is 2.68. The van der Waals surface area contributed by atoms with E-state index in [0.29, 0.717) is 18.9 Å². The molecule has 3 nitrogen and oxygen atoms in total. The summed E-state index contributed by atoms with van der Waals surface area (Å²) >= 11 is 0. The maximum absolute atomic E-state index is 5.96. The first-order chi connectivity index (χ1) is 8.74. The molecule has 0 amide bonds. The Kier molecular flexibility index (Phi) is 4.37. The Balaban J connectivity index is 2.21. The van der Waals surface area contributed by atoms with Crippen molar-refractivity contribution in [2.45, 2.75) is 39.0 Å². The summed E-state index contributed by atoms with van der Waals surface area (Å²) in [5.41, 5.74) is 17.2. The van der Waals surface area contributed by atoms with Gasteiger partial charge in [0.25, 0.3) is 0 Å². The number of aliphatic imine (C=N–C) groups is 1. The van der Waals surface area contributed by atoms with Crippen LogP contribution < -0.4 is 11.5 Å². The number of amidine groups is 1. The van der Waals surface area contributed by atoms with Crippen molar-refractivity contribution in [1.29, 1.82) is 0 Å². The molecule has 1 aliphatic rings. The Labute approximate surface area is 109 Å².